The van der Waals surface area contributed by atoms with E-state index in [1.807, 2.05) is 0 Å². The van der Waals surface area contributed by atoms with E-state index in [9.17, 15) is 21.4 Å². The van der Waals surface area contributed by atoms with Gasteiger partial charge < -0.3 is 0 Å². The number of allylic oxidation sites excluding steroid dienone is 1. The van der Waals surface area contributed by atoms with Crippen molar-refractivity contribution in [2.24, 2.45) is 0 Å². The third kappa shape index (κ3) is 3.57. The molecule has 24 heavy (non-hydrogen) atoms. The molecule has 0 bridgehead atoms. The minimum atomic E-state index is -4.76. The van der Waals surface area contributed by atoms with Gasteiger partial charge in [-0.3, -0.25) is 8.74 Å². The molecule has 0 aliphatic rings. The summed E-state index contributed by atoms with van der Waals surface area (Å²) >= 11 is 0. The first-order chi connectivity index (χ1) is 11.2. The Hall–Kier alpha value is -2.00. The summed E-state index contributed by atoms with van der Waals surface area (Å²) < 4.78 is 61.8. The highest BCUT2D eigenvalue weighted by Crippen LogP contribution is 2.35. The van der Waals surface area contributed by atoms with Crippen LogP contribution in [0.3, 0.4) is 0 Å². The predicted octanol–water partition coefficient (Wildman–Crippen LogP) is 2.66. The van der Waals surface area contributed by atoms with Crippen molar-refractivity contribution < 1.29 is 25.6 Å². The molecular formula is C16H16O6S2. The molecule has 8 heteroatoms. The highest BCUT2D eigenvalue weighted by Gasteiger charge is 2.29. The monoisotopic (exact) mass is 368 g/mol. The van der Waals surface area contributed by atoms with E-state index >= 15 is 0 Å². The molecule has 0 aromatic heterocycles. The molecule has 0 fully saturated rings. The van der Waals surface area contributed by atoms with E-state index in [2.05, 4.69) is 10.8 Å². The molecule has 0 spiro atoms. The minimum absolute atomic E-state index is 0.129. The summed E-state index contributed by atoms with van der Waals surface area (Å²) in [6.07, 6.45) is 2.11. The molecule has 0 aliphatic heterocycles. The summed E-state index contributed by atoms with van der Waals surface area (Å²) in [5, 5.41) is 0. The molecule has 0 saturated carbocycles. The molecule has 0 aliphatic carbocycles. The van der Waals surface area contributed by atoms with Crippen LogP contribution in [0.15, 0.2) is 64.9 Å². The summed E-state index contributed by atoms with van der Waals surface area (Å²) in [5.41, 5.74) is 1.40. The summed E-state index contributed by atoms with van der Waals surface area (Å²) in [5.74, 6) is 0. The second-order valence-corrected chi connectivity index (χ2v) is 7.92. The van der Waals surface area contributed by atoms with Crippen LogP contribution < -0.4 is 0 Å². The summed E-state index contributed by atoms with van der Waals surface area (Å²) in [6, 6.07) is 10.8. The molecule has 2 aromatic carbocycles. The minimum Gasteiger partial charge on any atom is -0.282 e. The third-order valence-corrected chi connectivity index (χ3v) is 5.80. The van der Waals surface area contributed by atoms with Gasteiger partial charge in [-0.1, -0.05) is 42.5 Å². The zero-order valence-electron chi connectivity index (χ0n) is 12.8. The van der Waals surface area contributed by atoms with Crippen LogP contribution in [-0.2, 0) is 30.8 Å². The highest BCUT2D eigenvalue weighted by atomic mass is 32.2. The zero-order valence-corrected chi connectivity index (χ0v) is 14.5. The van der Waals surface area contributed by atoms with Crippen molar-refractivity contribution in [2.75, 3.05) is 7.11 Å². The molecule has 2 rings (SSSR count). The molecule has 0 amide bonds. The van der Waals surface area contributed by atoms with E-state index in [-0.39, 0.29) is 5.56 Å². The lowest BCUT2D eigenvalue weighted by atomic mass is 9.98. The number of hydrogen-bond acceptors (Lipinski definition) is 5. The molecule has 6 nitrogen and oxygen atoms in total. The lowest BCUT2D eigenvalue weighted by Crippen LogP contribution is -2.12. The van der Waals surface area contributed by atoms with Crippen LogP contribution in [0.1, 0.15) is 5.56 Å². The standard InChI is InChI=1S/C16H16O6S2/c1-3-7-12-8-4-5-9-13(12)14-10-6-11-15(23(17,18)19)16(14)24(20,21)22-2/h3-6,8-11H,1,7H2,2H3,(H,17,18,19). The zero-order chi connectivity index (χ0) is 18.0. The van der Waals surface area contributed by atoms with Crippen molar-refractivity contribution in [1.29, 1.82) is 0 Å². The lowest BCUT2D eigenvalue weighted by molar-refractivity contribution is 0.395. The maximum Gasteiger partial charge on any atom is 0.298 e. The van der Waals surface area contributed by atoms with Gasteiger partial charge in [0.1, 0.15) is 9.79 Å². The van der Waals surface area contributed by atoms with Gasteiger partial charge >= 0.3 is 0 Å². The maximum absolute atomic E-state index is 12.3. The van der Waals surface area contributed by atoms with Gasteiger partial charge in [0.25, 0.3) is 20.2 Å². The number of benzene rings is 2. The Morgan fingerprint density at radius 3 is 2.25 bits per heavy atom. The second-order valence-electron chi connectivity index (χ2n) is 4.88. The van der Waals surface area contributed by atoms with Gasteiger partial charge in [0.2, 0.25) is 0 Å². The quantitative estimate of drug-likeness (QED) is 0.478. The fraction of sp³-hybridized carbons (Fsp3) is 0.125. The molecule has 128 valence electrons. The first kappa shape index (κ1) is 18.3. The van der Waals surface area contributed by atoms with E-state index in [4.69, 9.17) is 0 Å². The van der Waals surface area contributed by atoms with Crippen LogP contribution >= 0.6 is 0 Å². The van der Waals surface area contributed by atoms with Crippen LogP contribution in [0.25, 0.3) is 11.1 Å². The Morgan fingerprint density at radius 2 is 1.67 bits per heavy atom. The Kier molecular flexibility index (Phi) is 5.24. The second kappa shape index (κ2) is 6.86. The van der Waals surface area contributed by atoms with E-state index in [1.54, 1.807) is 30.3 Å². The van der Waals surface area contributed by atoms with Crippen LogP contribution in [0.2, 0.25) is 0 Å². The van der Waals surface area contributed by atoms with E-state index in [0.717, 1.165) is 18.7 Å². The average Bonchev–Trinajstić information content (AvgIpc) is 2.54. The molecule has 0 heterocycles. The van der Waals surface area contributed by atoms with Crippen molar-refractivity contribution in [3.05, 3.63) is 60.7 Å². The van der Waals surface area contributed by atoms with Crippen LogP contribution in [0, 0.1) is 0 Å². The average molecular weight is 368 g/mol. The Balaban J connectivity index is 2.94. The van der Waals surface area contributed by atoms with Gasteiger partial charge in [0.05, 0.1) is 7.11 Å². The first-order valence-corrected chi connectivity index (χ1v) is 9.67. The van der Waals surface area contributed by atoms with Crippen LogP contribution in [0.4, 0.5) is 0 Å². The van der Waals surface area contributed by atoms with Crippen LogP contribution in [0.5, 0.6) is 0 Å². The SMILES string of the molecule is C=CCc1ccccc1-c1cccc(S(=O)(=O)O)c1S(=O)(=O)OC. The molecule has 0 atom stereocenters. The van der Waals surface area contributed by atoms with E-state index in [0.29, 0.717) is 12.0 Å². The molecule has 2 aromatic rings. The molecule has 0 unspecified atom stereocenters. The Bertz CT molecular complexity index is 975. The topological polar surface area (TPSA) is 97.7 Å². The summed E-state index contributed by atoms with van der Waals surface area (Å²) in [7, 11) is -8.22. The Morgan fingerprint density at radius 1 is 1.04 bits per heavy atom. The fourth-order valence-electron chi connectivity index (χ4n) is 2.39. The molecule has 0 saturated heterocycles. The van der Waals surface area contributed by atoms with Gasteiger partial charge in [-0.25, -0.2) is 0 Å². The Labute approximate surface area is 141 Å². The predicted molar refractivity (Wildman–Crippen MR) is 89.8 cm³/mol. The maximum atomic E-state index is 12.3. The van der Waals surface area contributed by atoms with Crippen molar-refractivity contribution in [3.63, 3.8) is 0 Å². The normalized spacial score (nSPS) is 12.1. The number of hydrogen-bond donors (Lipinski definition) is 1. The van der Waals surface area contributed by atoms with Crippen molar-refractivity contribution >= 4 is 20.2 Å². The van der Waals surface area contributed by atoms with E-state index in [1.165, 1.54) is 12.1 Å². The fourth-order valence-corrected chi connectivity index (χ4v) is 4.53. The molecule has 1 N–H and O–H groups in total. The lowest BCUT2D eigenvalue weighted by Gasteiger charge is -2.15. The molecule has 0 radical (unpaired) electrons. The van der Waals surface area contributed by atoms with Crippen molar-refractivity contribution in [2.45, 2.75) is 16.2 Å². The van der Waals surface area contributed by atoms with Gasteiger partial charge in [0.15, 0.2) is 0 Å². The largest absolute Gasteiger partial charge is 0.298 e. The highest BCUT2D eigenvalue weighted by molar-refractivity contribution is 7.89. The summed E-state index contributed by atoms with van der Waals surface area (Å²) in [4.78, 5) is -1.32. The summed E-state index contributed by atoms with van der Waals surface area (Å²) in [6.45, 7) is 3.66. The van der Waals surface area contributed by atoms with Crippen LogP contribution in [-0.4, -0.2) is 28.5 Å². The van der Waals surface area contributed by atoms with Gasteiger partial charge in [-0.2, -0.15) is 16.8 Å². The third-order valence-electron chi connectivity index (χ3n) is 3.40. The molecular weight excluding hydrogens is 352 g/mol. The first-order valence-electron chi connectivity index (χ1n) is 6.82. The van der Waals surface area contributed by atoms with Gasteiger partial charge in [-0.05, 0) is 23.6 Å². The van der Waals surface area contributed by atoms with Gasteiger partial charge in [0, 0.05) is 5.56 Å². The van der Waals surface area contributed by atoms with Gasteiger partial charge in [-0.15, -0.1) is 6.58 Å². The van der Waals surface area contributed by atoms with Crippen molar-refractivity contribution in [1.82, 2.24) is 0 Å². The smallest absolute Gasteiger partial charge is 0.282 e. The van der Waals surface area contributed by atoms with Crippen molar-refractivity contribution in [3.8, 4) is 11.1 Å². The number of rotatable bonds is 6. The van der Waals surface area contributed by atoms with E-state index < -0.39 is 30.0 Å².